The lowest BCUT2D eigenvalue weighted by atomic mass is 10.2. The van der Waals surface area contributed by atoms with E-state index in [1.165, 1.54) is 4.31 Å². The molecule has 1 fully saturated rings. The van der Waals surface area contributed by atoms with Gasteiger partial charge < -0.3 is 9.84 Å². The van der Waals surface area contributed by atoms with Crippen molar-refractivity contribution in [1.82, 2.24) is 4.31 Å². The third-order valence-electron chi connectivity index (χ3n) is 2.35. The van der Waals surface area contributed by atoms with Crippen LogP contribution in [0.3, 0.4) is 0 Å². The molecule has 1 heterocycles. The minimum absolute atomic E-state index is 0.0692. The average molecular weight is 223 g/mol. The summed E-state index contributed by atoms with van der Waals surface area (Å²) in [4.78, 5) is 0. The van der Waals surface area contributed by atoms with Crippen molar-refractivity contribution in [2.45, 2.75) is 19.4 Å². The van der Waals surface area contributed by atoms with Crippen LogP contribution in [0.2, 0.25) is 0 Å². The first-order chi connectivity index (χ1) is 6.61. The molecule has 5 nitrogen and oxygen atoms in total. The largest absolute Gasteiger partial charge is 0.395 e. The fourth-order valence-corrected chi connectivity index (χ4v) is 3.04. The minimum atomic E-state index is -3.29. The van der Waals surface area contributed by atoms with E-state index in [2.05, 4.69) is 0 Å². The van der Waals surface area contributed by atoms with E-state index in [0.717, 1.165) is 6.42 Å². The molecule has 1 atom stereocenters. The molecule has 84 valence electrons. The van der Waals surface area contributed by atoms with Crippen molar-refractivity contribution in [1.29, 1.82) is 0 Å². The van der Waals surface area contributed by atoms with Crippen LogP contribution >= 0.6 is 0 Å². The lowest BCUT2D eigenvalue weighted by Crippen LogP contribution is -2.49. The Hall–Kier alpha value is -0.170. The van der Waals surface area contributed by atoms with Crippen LogP contribution in [0.1, 0.15) is 13.3 Å². The molecule has 1 unspecified atom stereocenters. The number of aliphatic hydroxyl groups excluding tert-OH is 1. The van der Waals surface area contributed by atoms with Crippen LogP contribution in [0.5, 0.6) is 0 Å². The summed E-state index contributed by atoms with van der Waals surface area (Å²) in [5, 5.41) is 8.65. The van der Waals surface area contributed by atoms with Crippen molar-refractivity contribution < 1.29 is 18.3 Å². The zero-order valence-electron chi connectivity index (χ0n) is 8.35. The molecule has 1 aliphatic heterocycles. The third kappa shape index (κ3) is 2.66. The van der Waals surface area contributed by atoms with Gasteiger partial charge >= 0.3 is 0 Å². The highest BCUT2D eigenvalue weighted by atomic mass is 32.2. The fourth-order valence-electron chi connectivity index (χ4n) is 1.56. The van der Waals surface area contributed by atoms with E-state index in [1.807, 2.05) is 6.92 Å². The summed E-state index contributed by atoms with van der Waals surface area (Å²) >= 11 is 0. The standard InChI is InChI=1S/C8H17NO4S/c1-2-8-7-13-5-3-9(8)14(11,12)6-4-10/h8,10H,2-7H2,1H3. The van der Waals surface area contributed by atoms with Crippen LogP contribution in [0, 0.1) is 0 Å². The van der Waals surface area contributed by atoms with Crippen molar-refractivity contribution >= 4 is 10.0 Å². The lowest BCUT2D eigenvalue weighted by molar-refractivity contribution is 0.0312. The van der Waals surface area contributed by atoms with E-state index in [-0.39, 0.29) is 18.4 Å². The summed E-state index contributed by atoms with van der Waals surface area (Å²) < 4.78 is 30.0. The predicted octanol–water partition coefficient (Wildman–Crippen LogP) is -0.581. The second-order valence-electron chi connectivity index (χ2n) is 3.29. The molecule has 1 saturated heterocycles. The van der Waals surface area contributed by atoms with Gasteiger partial charge in [-0.15, -0.1) is 0 Å². The molecule has 6 heteroatoms. The van der Waals surface area contributed by atoms with Crippen molar-refractivity contribution in [3.63, 3.8) is 0 Å². The minimum Gasteiger partial charge on any atom is -0.395 e. The van der Waals surface area contributed by atoms with E-state index in [4.69, 9.17) is 9.84 Å². The smallest absolute Gasteiger partial charge is 0.216 e. The molecule has 0 aromatic rings. The Kier molecular flexibility index (Phi) is 4.31. The van der Waals surface area contributed by atoms with Crippen LogP contribution < -0.4 is 0 Å². The van der Waals surface area contributed by atoms with Gasteiger partial charge in [-0.25, -0.2) is 8.42 Å². The van der Waals surface area contributed by atoms with E-state index < -0.39 is 10.0 Å². The number of hydrogen-bond donors (Lipinski definition) is 1. The Morgan fingerprint density at radius 2 is 2.29 bits per heavy atom. The van der Waals surface area contributed by atoms with Crippen LogP contribution in [0.4, 0.5) is 0 Å². The molecule has 0 aromatic heterocycles. The van der Waals surface area contributed by atoms with Crippen molar-refractivity contribution in [3.05, 3.63) is 0 Å². The van der Waals surface area contributed by atoms with Gasteiger partial charge in [-0.3, -0.25) is 0 Å². The number of morpholine rings is 1. The molecule has 0 aliphatic carbocycles. The zero-order chi connectivity index (χ0) is 10.6. The van der Waals surface area contributed by atoms with Crippen LogP contribution in [0.25, 0.3) is 0 Å². The maximum atomic E-state index is 11.7. The number of nitrogens with zero attached hydrogens (tertiary/aromatic N) is 1. The maximum absolute atomic E-state index is 11.7. The van der Waals surface area contributed by atoms with Crippen molar-refractivity contribution in [2.75, 3.05) is 32.1 Å². The Bertz CT molecular complexity index is 265. The molecule has 1 rings (SSSR count). The first-order valence-electron chi connectivity index (χ1n) is 4.80. The Morgan fingerprint density at radius 3 is 2.86 bits per heavy atom. The van der Waals surface area contributed by atoms with Gasteiger partial charge in [0.15, 0.2) is 0 Å². The van der Waals surface area contributed by atoms with Gasteiger partial charge in [0.25, 0.3) is 0 Å². The van der Waals surface area contributed by atoms with E-state index in [1.54, 1.807) is 0 Å². The highest BCUT2D eigenvalue weighted by Gasteiger charge is 2.30. The first-order valence-corrected chi connectivity index (χ1v) is 6.41. The van der Waals surface area contributed by atoms with Crippen LogP contribution in [0.15, 0.2) is 0 Å². The Morgan fingerprint density at radius 1 is 1.57 bits per heavy atom. The summed E-state index contributed by atoms with van der Waals surface area (Å²) in [5.74, 6) is -0.191. The quantitative estimate of drug-likeness (QED) is 0.692. The molecule has 0 saturated carbocycles. The maximum Gasteiger partial charge on any atom is 0.216 e. The summed E-state index contributed by atoms with van der Waals surface area (Å²) in [6.45, 7) is 2.92. The fraction of sp³-hybridized carbons (Fsp3) is 1.00. The molecule has 0 spiro atoms. The van der Waals surface area contributed by atoms with E-state index in [0.29, 0.717) is 19.8 Å². The summed E-state index contributed by atoms with van der Waals surface area (Å²) in [7, 11) is -3.29. The monoisotopic (exact) mass is 223 g/mol. The molecule has 0 aromatic carbocycles. The van der Waals surface area contributed by atoms with E-state index >= 15 is 0 Å². The van der Waals surface area contributed by atoms with Gasteiger partial charge in [0.2, 0.25) is 10.0 Å². The van der Waals surface area contributed by atoms with Gasteiger partial charge in [-0.1, -0.05) is 6.92 Å². The number of hydrogen-bond acceptors (Lipinski definition) is 4. The highest BCUT2D eigenvalue weighted by molar-refractivity contribution is 7.89. The van der Waals surface area contributed by atoms with Crippen LogP contribution in [-0.2, 0) is 14.8 Å². The van der Waals surface area contributed by atoms with Crippen molar-refractivity contribution in [2.24, 2.45) is 0 Å². The Labute approximate surface area is 84.7 Å². The summed E-state index contributed by atoms with van der Waals surface area (Å²) in [6, 6.07) is -0.0692. The molecule has 1 N–H and O–H groups in total. The van der Waals surface area contributed by atoms with Crippen molar-refractivity contribution in [3.8, 4) is 0 Å². The molecule has 1 aliphatic rings. The second kappa shape index (κ2) is 5.06. The van der Waals surface area contributed by atoms with Gasteiger partial charge in [0.1, 0.15) is 0 Å². The summed E-state index contributed by atoms with van der Waals surface area (Å²) in [6.07, 6.45) is 0.741. The van der Waals surface area contributed by atoms with Gasteiger partial charge in [0, 0.05) is 12.6 Å². The normalized spacial score (nSPS) is 25.1. The van der Waals surface area contributed by atoms with Gasteiger partial charge in [-0.2, -0.15) is 4.31 Å². The molecule has 0 radical (unpaired) electrons. The number of ether oxygens (including phenoxy) is 1. The molecular weight excluding hydrogens is 206 g/mol. The second-order valence-corrected chi connectivity index (χ2v) is 5.33. The van der Waals surface area contributed by atoms with E-state index in [9.17, 15) is 8.42 Å². The average Bonchev–Trinajstić information content (AvgIpc) is 2.18. The number of sulfonamides is 1. The number of rotatable bonds is 4. The topological polar surface area (TPSA) is 66.8 Å². The first kappa shape index (κ1) is 11.9. The molecular formula is C8H17NO4S. The SMILES string of the molecule is CCC1COCCN1S(=O)(=O)CCO. The lowest BCUT2D eigenvalue weighted by Gasteiger charge is -2.33. The van der Waals surface area contributed by atoms with Gasteiger partial charge in [0.05, 0.1) is 25.6 Å². The zero-order valence-corrected chi connectivity index (χ0v) is 9.16. The van der Waals surface area contributed by atoms with Gasteiger partial charge in [-0.05, 0) is 6.42 Å². The molecule has 14 heavy (non-hydrogen) atoms. The summed E-state index contributed by atoms with van der Waals surface area (Å²) in [5.41, 5.74) is 0. The highest BCUT2D eigenvalue weighted by Crippen LogP contribution is 2.15. The predicted molar refractivity (Wildman–Crippen MR) is 52.5 cm³/mol. The molecule has 0 bridgehead atoms. The third-order valence-corrected chi connectivity index (χ3v) is 4.25. The molecule has 0 amide bonds. The van der Waals surface area contributed by atoms with Crippen LogP contribution in [-0.4, -0.2) is 56.0 Å². The Balaban J connectivity index is 2.72. The number of aliphatic hydroxyl groups is 1.